The van der Waals surface area contributed by atoms with Gasteiger partial charge in [-0.15, -0.1) is 0 Å². The molecule has 112 valence electrons. The van der Waals surface area contributed by atoms with E-state index in [9.17, 15) is 13.2 Å². The van der Waals surface area contributed by atoms with Crippen LogP contribution in [0.4, 0.5) is 13.2 Å². The van der Waals surface area contributed by atoms with Gasteiger partial charge in [0.05, 0.1) is 5.56 Å². The third-order valence-corrected chi connectivity index (χ3v) is 4.10. The van der Waals surface area contributed by atoms with Crippen molar-refractivity contribution in [2.75, 3.05) is 6.54 Å². The van der Waals surface area contributed by atoms with Gasteiger partial charge in [-0.2, -0.15) is 13.2 Å². The van der Waals surface area contributed by atoms with Gasteiger partial charge in [-0.25, -0.2) is 0 Å². The van der Waals surface area contributed by atoms with Crippen LogP contribution in [0.1, 0.15) is 50.8 Å². The Bertz CT molecular complexity index is 468. The number of hydrogen-bond acceptors (Lipinski definition) is 2. The number of nitrogens with zero attached hydrogens (tertiary/aromatic N) is 1. The van der Waals surface area contributed by atoms with Crippen LogP contribution in [0.15, 0.2) is 18.5 Å². The molecule has 1 aromatic heterocycles. The SMILES string of the molecule is CCCNC(c1cnccc1C(F)(F)F)C1CC1(C)C. The zero-order chi connectivity index (χ0) is 15.0. The fourth-order valence-corrected chi connectivity index (χ4v) is 2.76. The zero-order valence-electron chi connectivity index (χ0n) is 12.1. The highest BCUT2D eigenvalue weighted by Crippen LogP contribution is 2.58. The number of pyridine rings is 1. The highest BCUT2D eigenvalue weighted by Gasteiger charge is 2.51. The molecule has 0 bridgehead atoms. The second-order valence-electron chi connectivity index (χ2n) is 6.19. The van der Waals surface area contributed by atoms with E-state index in [0.29, 0.717) is 6.54 Å². The summed E-state index contributed by atoms with van der Waals surface area (Å²) < 4.78 is 39.5. The fourth-order valence-electron chi connectivity index (χ4n) is 2.76. The van der Waals surface area contributed by atoms with Crippen molar-refractivity contribution < 1.29 is 13.2 Å². The van der Waals surface area contributed by atoms with Gasteiger partial charge in [0.1, 0.15) is 0 Å². The summed E-state index contributed by atoms with van der Waals surface area (Å²) in [6.07, 6.45) is 0.0844. The lowest BCUT2D eigenvalue weighted by molar-refractivity contribution is -0.138. The molecule has 0 amide bonds. The van der Waals surface area contributed by atoms with Gasteiger partial charge in [-0.1, -0.05) is 20.8 Å². The van der Waals surface area contributed by atoms with Crippen LogP contribution < -0.4 is 5.32 Å². The van der Waals surface area contributed by atoms with E-state index < -0.39 is 11.7 Å². The summed E-state index contributed by atoms with van der Waals surface area (Å²) in [6, 6.07) is 0.806. The molecule has 2 atom stereocenters. The molecule has 2 nitrogen and oxygen atoms in total. The molecular formula is C15H21F3N2. The van der Waals surface area contributed by atoms with Crippen molar-refractivity contribution in [1.82, 2.24) is 10.3 Å². The predicted molar refractivity (Wildman–Crippen MR) is 72.2 cm³/mol. The highest BCUT2D eigenvalue weighted by molar-refractivity contribution is 5.31. The van der Waals surface area contributed by atoms with Gasteiger partial charge < -0.3 is 5.32 Å². The maximum Gasteiger partial charge on any atom is 0.416 e. The van der Waals surface area contributed by atoms with Crippen LogP contribution in [0.3, 0.4) is 0 Å². The lowest BCUT2D eigenvalue weighted by atomic mass is 9.94. The van der Waals surface area contributed by atoms with Crippen molar-refractivity contribution in [3.05, 3.63) is 29.6 Å². The Kier molecular flexibility index (Phi) is 4.09. The van der Waals surface area contributed by atoms with Crippen LogP contribution in [0, 0.1) is 11.3 Å². The summed E-state index contributed by atoms with van der Waals surface area (Å²) >= 11 is 0. The summed E-state index contributed by atoms with van der Waals surface area (Å²) in [6.45, 7) is 6.92. The molecule has 0 radical (unpaired) electrons. The van der Waals surface area contributed by atoms with Crippen LogP contribution in [0.25, 0.3) is 0 Å². The molecule has 0 saturated heterocycles. The van der Waals surface area contributed by atoms with Gasteiger partial charge in [-0.05, 0) is 42.3 Å². The summed E-state index contributed by atoms with van der Waals surface area (Å²) in [5, 5.41) is 3.28. The minimum atomic E-state index is -4.33. The quantitative estimate of drug-likeness (QED) is 0.878. The lowest BCUT2D eigenvalue weighted by Crippen LogP contribution is -2.28. The van der Waals surface area contributed by atoms with Crippen molar-refractivity contribution in [1.29, 1.82) is 0 Å². The summed E-state index contributed by atoms with van der Waals surface area (Å²) in [5.74, 6) is 0.236. The highest BCUT2D eigenvalue weighted by atomic mass is 19.4. The van der Waals surface area contributed by atoms with Crippen molar-refractivity contribution >= 4 is 0 Å². The molecule has 1 aliphatic carbocycles. The third-order valence-electron chi connectivity index (χ3n) is 4.10. The standard InChI is InChI=1S/C15H21F3N2/c1-4-6-20-13(12-8-14(12,2)3)10-9-19-7-5-11(10)15(16,17)18/h5,7,9,12-13,20H,4,6,8H2,1-3H3. The average molecular weight is 286 g/mol. The molecule has 1 aliphatic rings. The van der Waals surface area contributed by atoms with Gasteiger partial charge in [0.15, 0.2) is 0 Å². The van der Waals surface area contributed by atoms with Crippen LogP contribution in [-0.4, -0.2) is 11.5 Å². The fraction of sp³-hybridized carbons (Fsp3) is 0.667. The third kappa shape index (κ3) is 3.14. The van der Waals surface area contributed by atoms with Gasteiger partial charge in [-0.3, -0.25) is 4.98 Å². The van der Waals surface area contributed by atoms with Gasteiger partial charge >= 0.3 is 6.18 Å². The summed E-state index contributed by atoms with van der Waals surface area (Å²) in [7, 11) is 0. The maximum absolute atomic E-state index is 13.2. The Morgan fingerprint density at radius 2 is 2.10 bits per heavy atom. The first-order valence-corrected chi connectivity index (χ1v) is 7.02. The van der Waals surface area contributed by atoms with Crippen molar-refractivity contribution in [3.8, 4) is 0 Å². The second-order valence-corrected chi connectivity index (χ2v) is 6.19. The van der Waals surface area contributed by atoms with Gasteiger partial charge in [0.2, 0.25) is 0 Å². The van der Waals surface area contributed by atoms with Gasteiger partial charge in [0, 0.05) is 18.4 Å². The van der Waals surface area contributed by atoms with E-state index >= 15 is 0 Å². The number of aromatic nitrogens is 1. The first-order chi connectivity index (χ1) is 9.27. The molecule has 5 heteroatoms. The van der Waals surface area contributed by atoms with E-state index in [1.54, 1.807) is 0 Å². The Morgan fingerprint density at radius 3 is 2.60 bits per heavy atom. The number of halogens is 3. The predicted octanol–water partition coefficient (Wildman–Crippen LogP) is 4.19. The van der Waals surface area contributed by atoms with E-state index in [-0.39, 0.29) is 22.9 Å². The zero-order valence-corrected chi connectivity index (χ0v) is 12.1. The summed E-state index contributed by atoms with van der Waals surface area (Å²) in [4.78, 5) is 3.91. The number of hydrogen-bond donors (Lipinski definition) is 1. The molecule has 2 rings (SSSR count). The maximum atomic E-state index is 13.2. The van der Waals surface area contributed by atoms with E-state index in [1.807, 2.05) is 6.92 Å². The normalized spacial score (nSPS) is 22.6. The molecule has 0 spiro atoms. The first kappa shape index (κ1) is 15.3. The monoisotopic (exact) mass is 286 g/mol. The Balaban J connectivity index is 2.34. The molecule has 1 fully saturated rings. The molecule has 1 saturated carbocycles. The van der Waals surface area contributed by atoms with Gasteiger partial charge in [0.25, 0.3) is 0 Å². The van der Waals surface area contributed by atoms with Crippen molar-refractivity contribution in [2.24, 2.45) is 11.3 Å². The van der Waals surface area contributed by atoms with E-state index in [2.05, 4.69) is 24.1 Å². The van der Waals surface area contributed by atoms with Crippen LogP contribution in [-0.2, 0) is 6.18 Å². The van der Waals surface area contributed by atoms with Crippen LogP contribution in [0.5, 0.6) is 0 Å². The molecule has 1 N–H and O–H groups in total. The lowest BCUT2D eigenvalue weighted by Gasteiger charge is -2.24. The molecule has 1 heterocycles. The average Bonchev–Trinajstić information content (AvgIpc) is 2.98. The number of rotatable bonds is 5. The van der Waals surface area contributed by atoms with E-state index in [1.165, 1.54) is 12.4 Å². The smallest absolute Gasteiger partial charge is 0.310 e. The Labute approximate surface area is 117 Å². The Morgan fingerprint density at radius 1 is 1.45 bits per heavy atom. The molecule has 2 unspecified atom stereocenters. The van der Waals surface area contributed by atoms with Crippen molar-refractivity contribution in [2.45, 2.75) is 45.8 Å². The van der Waals surface area contributed by atoms with E-state index in [0.717, 1.165) is 18.9 Å². The van der Waals surface area contributed by atoms with Crippen LogP contribution in [0.2, 0.25) is 0 Å². The van der Waals surface area contributed by atoms with E-state index in [4.69, 9.17) is 0 Å². The molecule has 0 aliphatic heterocycles. The topological polar surface area (TPSA) is 24.9 Å². The molecular weight excluding hydrogens is 265 g/mol. The first-order valence-electron chi connectivity index (χ1n) is 7.02. The molecule has 20 heavy (non-hydrogen) atoms. The largest absolute Gasteiger partial charge is 0.416 e. The molecule has 0 aromatic carbocycles. The summed E-state index contributed by atoms with van der Waals surface area (Å²) in [5.41, 5.74) is -0.183. The Hall–Kier alpha value is -1.10. The second kappa shape index (κ2) is 5.35. The van der Waals surface area contributed by atoms with Crippen molar-refractivity contribution in [3.63, 3.8) is 0 Å². The number of alkyl halides is 3. The minimum Gasteiger partial charge on any atom is -0.310 e. The number of nitrogens with one attached hydrogen (secondary N) is 1. The molecule has 1 aromatic rings. The minimum absolute atomic E-state index is 0.101. The van der Waals surface area contributed by atoms with Crippen LogP contribution >= 0.6 is 0 Å².